The predicted molar refractivity (Wildman–Crippen MR) is 81.7 cm³/mol. The molecule has 6 nitrogen and oxygen atoms in total. The van der Waals surface area contributed by atoms with Gasteiger partial charge in [0.1, 0.15) is 0 Å². The first-order valence-electron chi connectivity index (χ1n) is 6.91. The van der Waals surface area contributed by atoms with Gasteiger partial charge in [0.25, 0.3) is 5.91 Å². The van der Waals surface area contributed by atoms with E-state index in [0.717, 1.165) is 11.1 Å². The molecule has 2 aromatic rings. The van der Waals surface area contributed by atoms with Crippen LogP contribution in [-0.2, 0) is 11.8 Å². The molecule has 0 saturated carbocycles. The molecule has 0 aliphatic heterocycles. The number of hydrogen-bond acceptors (Lipinski definition) is 3. The van der Waals surface area contributed by atoms with Gasteiger partial charge in [0.05, 0.1) is 11.3 Å². The van der Waals surface area contributed by atoms with Gasteiger partial charge in [0.2, 0.25) is 0 Å². The van der Waals surface area contributed by atoms with Gasteiger partial charge in [-0.1, -0.05) is 18.2 Å². The second kappa shape index (κ2) is 6.01. The van der Waals surface area contributed by atoms with E-state index in [9.17, 15) is 14.7 Å². The summed E-state index contributed by atoms with van der Waals surface area (Å²) >= 11 is 0. The summed E-state index contributed by atoms with van der Waals surface area (Å²) in [6, 6.07) is 4.32. The average molecular weight is 301 g/mol. The van der Waals surface area contributed by atoms with Crippen LogP contribution in [0.15, 0.2) is 24.4 Å². The number of carbonyl (C=O) groups excluding carboxylic acids is 1. The molecule has 116 valence electrons. The van der Waals surface area contributed by atoms with E-state index in [-0.39, 0.29) is 0 Å². The van der Waals surface area contributed by atoms with Crippen molar-refractivity contribution < 1.29 is 14.7 Å². The molecule has 6 heteroatoms. The van der Waals surface area contributed by atoms with E-state index < -0.39 is 17.9 Å². The van der Waals surface area contributed by atoms with Crippen LogP contribution in [0.4, 0.5) is 0 Å². The highest BCUT2D eigenvalue weighted by Gasteiger charge is 2.25. The highest BCUT2D eigenvalue weighted by Crippen LogP contribution is 2.21. The minimum Gasteiger partial charge on any atom is -0.479 e. The number of nitrogens with zero attached hydrogens (tertiary/aromatic N) is 2. The van der Waals surface area contributed by atoms with Crippen LogP contribution in [0.2, 0.25) is 0 Å². The second-order valence-electron chi connectivity index (χ2n) is 5.34. The molecule has 0 aliphatic rings. The Balaban J connectivity index is 2.34. The third-order valence-electron chi connectivity index (χ3n) is 3.74. The number of amides is 1. The third kappa shape index (κ3) is 3.00. The summed E-state index contributed by atoms with van der Waals surface area (Å²) in [5.74, 6) is -1.54. The van der Waals surface area contributed by atoms with Crippen LogP contribution in [0.3, 0.4) is 0 Å². The van der Waals surface area contributed by atoms with Gasteiger partial charge in [-0.2, -0.15) is 5.10 Å². The van der Waals surface area contributed by atoms with Crippen LogP contribution >= 0.6 is 0 Å². The minimum atomic E-state index is -1.09. The maximum absolute atomic E-state index is 12.3. The zero-order valence-electron chi connectivity index (χ0n) is 13.0. The maximum atomic E-state index is 12.3. The van der Waals surface area contributed by atoms with E-state index in [1.165, 1.54) is 4.68 Å². The molecular weight excluding hydrogens is 282 g/mol. The van der Waals surface area contributed by atoms with Crippen molar-refractivity contribution in [3.63, 3.8) is 0 Å². The Hall–Kier alpha value is -2.63. The first-order chi connectivity index (χ1) is 10.3. The van der Waals surface area contributed by atoms with E-state index >= 15 is 0 Å². The summed E-state index contributed by atoms with van der Waals surface area (Å²) in [6.07, 6.45) is 1.58. The van der Waals surface area contributed by atoms with Crippen molar-refractivity contribution in [2.45, 2.75) is 26.8 Å². The third-order valence-corrected chi connectivity index (χ3v) is 3.74. The average Bonchev–Trinajstić information content (AvgIpc) is 2.78. The quantitative estimate of drug-likeness (QED) is 0.903. The van der Waals surface area contributed by atoms with Crippen LogP contribution < -0.4 is 5.32 Å². The largest absolute Gasteiger partial charge is 0.479 e. The van der Waals surface area contributed by atoms with E-state index in [0.29, 0.717) is 16.8 Å². The summed E-state index contributed by atoms with van der Waals surface area (Å²) in [4.78, 5) is 23.9. The van der Waals surface area contributed by atoms with Gasteiger partial charge in [-0.05, 0) is 37.5 Å². The Morgan fingerprint density at radius 3 is 2.50 bits per heavy atom. The molecule has 0 aliphatic carbocycles. The standard InChI is InChI=1S/C16H19N3O3/c1-9-6-5-7-12(10(9)2)14(16(21)22)17-15(20)13-8-19(4)18-11(13)3/h5-8,14H,1-4H3,(H,17,20)(H,21,22). The fraction of sp³-hybridized carbons (Fsp3) is 0.312. The lowest BCUT2D eigenvalue weighted by molar-refractivity contribution is -0.139. The fourth-order valence-corrected chi connectivity index (χ4v) is 2.39. The lowest BCUT2D eigenvalue weighted by Gasteiger charge is -2.18. The summed E-state index contributed by atoms with van der Waals surface area (Å²) < 4.78 is 1.53. The van der Waals surface area contributed by atoms with Gasteiger partial charge in [-0.3, -0.25) is 9.48 Å². The van der Waals surface area contributed by atoms with E-state index in [2.05, 4.69) is 10.4 Å². The molecular formula is C16H19N3O3. The Morgan fingerprint density at radius 2 is 1.95 bits per heavy atom. The molecule has 2 rings (SSSR count). The van der Waals surface area contributed by atoms with Gasteiger partial charge in [0.15, 0.2) is 6.04 Å². The number of carboxylic acids is 1. The Kier molecular flexibility index (Phi) is 4.30. The second-order valence-corrected chi connectivity index (χ2v) is 5.34. The van der Waals surface area contributed by atoms with Crippen LogP contribution in [0.25, 0.3) is 0 Å². The fourth-order valence-electron chi connectivity index (χ4n) is 2.39. The number of nitrogens with one attached hydrogen (secondary N) is 1. The van der Waals surface area contributed by atoms with Crippen molar-refractivity contribution in [3.8, 4) is 0 Å². The smallest absolute Gasteiger partial charge is 0.330 e. The van der Waals surface area contributed by atoms with Gasteiger partial charge >= 0.3 is 5.97 Å². The van der Waals surface area contributed by atoms with Gasteiger partial charge in [-0.25, -0.2) is 4.79 Å². The summed E-state index contributed by atoms with van der Waals surface area (Å²) in [6.45, 7) is 5.47. The molecule has 0 fully saturated rings. The lowest BCUT2D eigenvalue weighted by Crippen LogP contribution is -2.34. The van der Waals surface area contributed by atoms with E-state index in [1.54, 1.807) is 32.3 Å². The molecule has 1 aromatic carbocycles. The topological polar surface area (TPSA) is 84.2 Å². The molecule has 2 N–H and O–H groups in total. The molecule has 0 spiro atoms. The van der Waals surface area contributed by atoms with Crippen molar-refractivity contribution in [3.05, 3.63) is 52.3 Å². The first kappa shape index (κ1) is 15.8. The number of rotatable bonds is 4. The number of benzene rings is 1. The molecule has 1 unspecified atom stereocenters. The predicted octanol–water partition coefficient (Wildman–Crippen LogP) is 1.90. The Labute approximate surface area is 128 Å². The van der Waals surface area contributed by atoms with Crippen LogP contribution in [0.5, 0.6) is 0 Å². The number of carboxylic acid groups (broad SMARTS) is 1. The summed E-state index contributed by atoms with van der Waals surface area (Å²) in [7, 11) is 1.71. The van der Waals surface area contributed by atoms with Gasteiger partial charge in [0, 0.05) is 13.2 Å². The monoisotopic (exact) mass is 301 g/mol. The van der Waals surface area contributed by atoms with E-state index in [4.69, 9.17) is 0 Å². The molecule has 1 heterocycles. The molecule has 0 saturated heterocycles. The van der Waals surface area contributed by atoms with Crippen LogP contribution in [0.1, 0.15) is 38.8 Å². The van der Waals surface area contributed by atoms with Gasteiger partial charge in [-0.15, -0.1) is 0 Å². The summed E-state index contributed by atoms with van der Waals surface area (Å²) in [5, 5.41) is 16.2. The van der Waals surface area contributed by atoms with Crippen LogP contribution in [0, 0.1) is 20.8 Å². The van der Waals surface area contributed by atoms with Crippen molar-refractivity contribution in [1.29, 1.82) is 0 Å². The van der Waals surface area contributed by atoms with Gasteiger partial charge < -0.3 is 10.4 Å². The number of aliphatic carboxylic acids is 1. The highest BCUT2D eigenvalue weighted by atomic mass is 16.4. The zero-order chi connectivity index (χ0) is 16.4. The lowest BCUT2D eigenvalue weighted by atomic mass is 9.97. The van der Waals surface area contributed by atoms with E-state index in [1.807, 2.05) is 19.9 Å². The number of hydrogen-bond donors (Lipinski definition) is 2. The Morgan fingerprint density at radius 1 is 1.27 bits per heavy atom. The summed E-state index contributed by atoms with van der Waals surface area (Å²) in [5.41, 5.74) is 3.36. The maximum Gasteiger partial charge on any atom is 0.330 e. The molecule has 1 atom stereocenters. The number of carbonyl (C=O) groups is 2. The highest BCUT2D eigenvalue weighted by molar-refractivity contribution is 5.97. The number of aromatic nitrogens is 2. The molecule has 1 amide bonds. The molecule has 0 radical (unpaired) electrons. The van der Waals surface area contributed by atoms with Crippen LogP contribution in [-0.4, -0.2) is 26.8 Å². The molecule has 0 bridgehead atoms. The van der Waals surface area contributed by atoms with Crippen molar-refractivity contribution in [2.24, 2.45) is 7.05 Å². The SMILES string of the molecule is Cc1cccc(C(NC(=O)c2cn(C)nc2C)C(=O)O)c1C. The normalized spacial score (nSPS) is 12.0. The molecule has 22 heavy (non-hydrogen) atoms. The molecule has 1 aromatic heterocycles. The van der Waals surface area contributed by atoms with Crippen molar-refractivity contribution in [2.75, 3.05) is 0 Å². The number of aryl methyl sites for hydroxylation is 3. The zero-order valence-corrected chi connectivity index (χ0v) is 13.0. The first-order valence-corrected chi connectivity index (χ1v) is 6.91. The van der Waals surface area contributed by atoms with Crippen molar-refractivity contribution >= 4 is 11.9 Å². The van der Waals surface area contributed by atoms with Crippen molar-refractivity contribution in [1.82, 2.24) is 15.1 Å². The minimum absolute atomic E-state index is 0.374. The Bertz CT molecular complexity index is 734.